The molecule has 1 aliphatic heterocycles. The first-order valence-electron chi connectivity index (χ1n) is 7.33. The van der Waals surface area contributed by atoms with Gasteiger partial charge in [-0.25, -0.2) is 0 Å². The van der Waals surface area contributed by atoms with E-state index in [1.807, 2.05) is 16.7 Å². The minimum absolute atomic E-state index is 0.121. The molecule has 3 fully saturated rings. The van der Waals surface area contributed by atoms with Crippen LogP contribution in [0.1, 0.15) is 38.5 Å². The Bertz CT molecular complexity index is 385. The predicted octanol–water partition coefficient (Wildman–Crippen LogP) is 1.98. The molecule has 1 heterocycles. The molecule has 4 atom stereocenters. The molecule has 0 radical (unpaired) electrons. The van der Waals surface area contributed by atoms with Gasteiger partial charge in [-0.3, -0.25) is 9.59 Å². The molecule has 0 aromatic carbocycles. The zero-order valence-corrected chi connectivity index (χ0v) is 11.9. The van der Waals surface area contributed by atoms with Gasteiger partial charge < -0.3 is 10.0 Å². The fraction of sp³-hybridized carbons (Fsp3) is 0.857. The van der Waals surface area contributed by atoms with Crippen LogP contribution < -0.4 is 0 Å². The Morgan fingerprint density at radius 2 is 1.79 bits per heavy atom. The van der Waals surface area contributed by atoms with Gasteiger partial charge in [-0.15, -0.1) is 0 Å². The number of carboxylic acids is 1. The maximum absolute atomic E-state index is 12.6. The third-order valence-corrected chi connectivity index (χ3v) is 6.32. The van der Waals surface area contributed by atoms with E-state index in [9.17, 15) is 9.59 Å². The number of hydrogen-bond acceptors (Lipinski definition) is 3. The molecule has 1 N–H and O–H groups in total. The Hall–Kier alpha value is -0.710. The predicted molar refractivity (Wildman–Crippen MR) is 74.1 cm³/mol. The number of hydrogen-bond donors (Lipinski definition) is 1. The van der Waals surface area contributed by atoms with Crippen LogP contribution in [0.3, 0.4) is 0 Å². The maximum atomic E-state index is 12.6. The first-order valence-corrected chi connectivity index (χ1v) is 8.38. The molecule has 106 valence electrons. The van der Waals surface area contributed by atoms with Crippen LogP contribution in [0.4, 0.5) is 0 Å². The van der Waals surface area contributed by atoms with Crippen molar-refractivity contribution < 1.29 is 14.7 Å². The van der Waals surface area contributed by atoms with Crippen molar-refractivity contribution in [3.8, 4) is 0 Å². The van der Waals surface area contributed by atoms with E-state index in [4.69, 9.17) is 5.11 Å². The number of carboxylic acid groups (broad SMARTS) is 1. The second-order valence-electron chi connectivity index (χ2n) is 5.92. The Balaban J connectivity index is 1.70. The molecule has 3 aliphatic rings. The molecule has 4 nitrogen and oxygen atoms in total. The summed E-state index contributed by atoms with van der Waals surface area (Å²) >= 11 is 2.00. The minimum atomic E-state index is -0.795. The second kappa shape index (κ2) is 5.35. The van der Waals surface area contributed by atoms with Crippen molar-refractivity contribution in [2.75, 3.05) is 12.3 Å². The second-order valence-corrected chi connectivity index (χ2v) is 7.27. The molecule has 0 aromatic heterocycles. The van der Waals surface area contributed by atoms with Gasteiger partial charge in [-0.05, 0) is 25.7 Å². The number of carbonyl (C=O) groups is 2. The summed E-state index contributed by atoms with van der Waals surface area (Å²) in [5, 5.41) is 9.70. The molecule has 19 heavy (non-hydrogen) atoms. The summed E-state index contributed by atoms with van der Waals surface area (Å²) in [6, 6.07) is 0.370. The average Bonchev–Trinajstić information content (AvgIpc) is 2.36. The molecule has 0 aromatic rings. The van der Waals surface area contributed by atoms with Gasteiger partial charge >= 0.3 is 5.97 Å². The highest BCUT2D eigenvalue weighted by Gasteiger charge is 2.46. The highest BCUT2D eigenvalue weighted by Crippen LogP contribution is 2.40. The summed E-state index contributed by atoms with van der Waals surface area (Å²) in [4.78, 5) is 25.7. The number of carbonyl (C=O) groups excluding carboxylic acids is 1. The molecule has 5 heteroatoms. The monoisotopic (exact) mass is 283 g/mol. The molecule has 4 unspecified atom stereocenters. The van der Waals surface area contributed by atoms with Crippen molar-refractivity contribution in [3.05, 3.63) is 0 Å². The lowest BCUT2D eigenvalue weighted by atomic mass is 9.72. The van der Waals surface area contributed by atoms with E-state index < -0.39 is 11.9 Å². The molecule has 0 spiro atoms. The van der Waals surface area contributed by atoms with Crippen LogP contribution in [-0.2, 0) is 9.59 Å². The molecule has 0 bridgehead atoms. The Kier molecular flexibility index (Phi) is 3.74. The summed E-state index contributed by atoms with van der Waals surface area (Å²) in [7, 11) is 0. The third-order valence-electron chi connectivity index (χ3n) is 4.92. The van der Waals surface area contributed by atoms with E-state index in [-0.39, 0.29) is 11.8 Å². The van der Waals surface area contributed by atoms with Crippen molar-refractivity contribution in [1.82, 2.24) is 4.90 Å². The van der Waals surface area contributed by atoms with E-state index in [1.54, 1.807) is 0 Å². The fourth-order valence-electron chi connectivity index (χ4n) is 3.67. The van der Waals surface area contributed by atoms with Gasteiger partial charge in [0.2, 0.25) is 5.91 Å². The zero-order chi connectivity index (χ0) is 13.4. The van der Waals surface area contributed by atoms with E-state index >= 15 is 0 Å². The first-order chi connectivity index (χ1) is 9.18. The van der Waals surface area contributed by atoms with Gasteiger partial charge in [0.1, 0.15) is 0 Å². The van der Waals surface area contributed by atoms with Crippen LogP contribution in [0.5, 0.6) is 0 Å². The fourth-order valence-corrected chi connectivity index (χ4v) is 5.12. The summed E-state index contributed by atoms with van der Waals surface area (Å²) in [5.41, 5.74) is 0. The van der Waals surface area contributed by atoms with Gasteiger partial charge in [-0.2, -0.15) is 11.8 Å². The van der Waals surface area contributed by atoms with Crippen LogP contribution in [0, 0.1) is 11.8 Å². The van der Waals surface area contributed by atoms with E-state index in [0.717, 1.165) is 25.1 Å². The van der Waals surface area contributed by atoms with Crippen LogP contribution in [0.2, 0.25) is 0 Å². The number of thioether (sulfide) groups is 1. The molecule has 2 aliphatic carbocycles. The standard InChI is InChI=1S/C14H21NO3S/c16-13(9-5-6-10(9)14(17)18)15-7-8-19-12-4-2-1-3-11(12)15/h9-12H,1-8H2,(H,17,18). The van der Waals surface area contributed by atoms with Crippen molar-refractivity contribution in [1.29, 1.82) is 0 Å². The lowest BCUT2D eigenvalue weighted by Crippen LogP contribution is -2.56. The summed E-state index contributed by atoms with van der Waals surface area (Å²) in [6.45, 7) is 0.813. The largest absolute Gasteiger partial charge is 0.481 e. The quantitative estimate of drug-likeness (QED) is 0.842. The Morgan fingerprint density at radius 3 is 2.47 bits per heavy atom. The lowest BCUT2D eigenvalue weighted by molar-refractivity contribution is -0.158. The van der Waals surface area contributed by atoms with E-state index in [2.05, 4.69) is 0 Å². The normalized spacial score (nSPS) is 38.2. The van der Waals surface area contributed by atoms with Gasteiger partial charge in [-0.1, -0.05) is 12.8 Å². The molecular weight excluding hydrogens is 262 g/mol. The van der Waals surface area contributed by atoms with Gasteiger partial charge in [0.15, 0.2) is 0 Å². The summed E-state index contributed by atoms with van der Waals surface area (Å²) in [6.07, 6.45) is 6.23. The van der Waals surface area contributed by atoms with E-state index in [1.165, 1.54) is 19.3 Å². The average molecular weight is 283 g/mol. The SMILES string of the molecule is O=C(O)C1CCC1C(=O)N1CCSC2CCCCC21. The highest BCUT2D eigenvalue weighted by molar-refractivity contribution is 8.00. The van der Waals surface area contributed by atoms with Crippen molar-refractivity contribution in [2.24, 2.45) is 11.8 Å². The number of rotatable bonds is 2. The zero-order valence-electron chi connectivity index (χ0n) is 11.1. The van der Waals surface area contributed by atoms with Crippen molar-refractivity contribution in [3.63, 3.8) is 0 Å². The first kappa shape index (κ1) is 13.3. The van der Waals surface area contributed by atoms with Gasteiger partial charge in [0.25, 0.3) is 0 Å². The number of nitrogens with zero attached hydrogens (tertiary/aromatic N) is 1. The maximum Gasteiger partial charge on any atom is 0.307 e. The third kappa shape index (κ3) is 2.37. The topological polar surface area (TPSA) is 57.6 Å². The summed E-state index contributed by atoms with van der Waals surface area (Å²) in [5.74, 6) is -0.337. The number of amides is 1. The molecular formula is C14H21NO3S. The van der Waals surface area contributed by atoms with Crippen LogP contribution in [0.25, 0.3) is 0 Å². The molecule has 3 rings (SSSR count). The van der Waals surface area contributed by atoms with Gasteiger partial charge in [0, 0.05) is 23.6 Å². The Labute approximate surface area is 117 Å². The highest BCUT2D eigenvalue weighted by atomic mass is 32.2. The van der Waals surface area contributed by atoms with Crippen molar-refractivity contribution >= 4 is 23.6 Å². The van der Waals surface area contributed by atoms with Crippen LogP contribution in [0.15, 0.2) is 0 Å². The number of aliphatic carboxylic acids is 1. The van der Waals surface area contributed by atoms with Crippen LogP contribution in [-0.4, -0.2) is 45.5 Å². The number of fused-ring (bicyclic) bond motifs is 1. The molecule has 2 saturated carbocycles. The lowest BCUT2D eigenvalue weighted by Gasteiger charge is -2.46. The van der Waals surface area contributed by atoms with Gasteiger partial charge in [0.05, 0.1) is 11.8 Å². The van der Waals surface area contributed by atoms with Crippen LogP contribution >= 0.6 is 11.8 Å². The summed E-state index contributed by atoms with van der Waals surface area (Å²) < 4.78 is 0. The van der Waals surface area contributed by atoms with E-state index in [0.29, 0.717) is 17.7 Å². The molecule has 1 saturated heterocycles. The smallest absolute Gasteiger partial charge is 0.307 e. The van der Waals surface area contributed by atoms with Crippen molar-refractivity contribution in [2.45, 2.75) is 49.8 Å². The molecule has 1 amide bonds. The Morgan fingerprint density at radius 1 is 1.05 bits per heavy atom. The minimum Gasteiger partial charge on any atom is -0.481 e.